The number of fused-ring (bicyclic) bond motifs is 1. The van der Waals surface area contributed by atoms with Crippen LogP contribution in [0.2, 0.25) is 0 Å². The van der Waals surface area contributed by atoms with Crippen LogP contribution in [0.4, 0.5) is 13.2 Å². The molecule has 27 heavy (non-hydrogen) atoms. The summed E-state index contributed by atoms with van der Waals surface area (Å²) in [7, 11) is 0. The second-order valence-corrected chi connectivity index (χ2v) is 6.50. The van der Waals surface area contributed by atoms with Crippen LogP contribution in [0.25, 0.3) is 12.2 Å². The normalized spacial score (nSPS) is 19.8. The molecule has 2 atom stereocenters. The molecule has 2 aromatic carbocycles. The number of carboxylic acids is 1. The molecule has 0 fully saturated rings. The number of carboxylic acid groups (broad SMARTS) is 1. The molecule has 1 heterocycles. The van der Waals surface area contributed by atoms with Crippen molar-refractivity contribution < 1.29 is 27.8 Å². The molecule has 3 nitrogen and oxygen atoms in total. The molecule has 6 heteroatoms. The molecule has 0 radical (unpaired) electrons. The van der Waals surface area contributed by atoms with Crippen LogP contribution in [-0.2, 0) is 11.2 Å². The first kappa shape index (κ1) is 19.0. The van der Waals surface area contributed by atoms with Crippen molar-refractivity contribution in [2.45, 2.75) is 32.0 Å². The van der Waals surface area contributed by atoms with Gasteiger partial charge in [-0.05, 0) is 41.0 Å². The summed E-state index contributed by atoms with van der Waals surface area (Å²) < 4.78 is 45.0. The Morgan fingerprint density at radius 1 is 1.22 bits per heavy atom. The van der Waals surface area contributed by atoms with Crippen molar-refractivity contribution in [2.75, 3.05) is 0 Å². The fourth-order valence-electron chi connectivity index (χ4n) is 3.20. The lowest BCUT2D eigenvalue weighted by Crippen LogP contribution is -2.47. The first-order valence-corrected chi connectivity index (χ1v) is 8.67. The van der Waals surface area contributed by atoms with E-state index in [1.54, 1.807) is 12.1 Å². The number of aliphatic carboxylic acids is 1. The maximum absolute atomic E-state index is 13.3. The van der Waals surface area contributed by atoms with Gasteiger partial charge in [0.2, 0.25) is 6.10 Å². The van der Waals surface area contributed by atoms with Gasteiger partial charge in [0.05, 0.1) is 0 Å². The van der Waals surface area contributed by atoms with Crippen LogP contribution in [0, 0.1) is 5.92 Å². The summed E-state index contributed by atoms with van der Waals surface area (Å²) in [4.78, 5) is 11.3. The number of ether oxygens (including phenoxy) is 1. The molecule has 0 amide bonds. The number of benzene rings is 2. The molecule has 2 aromatic rings. The van der Waals surface area contributed by atoms with Gasteiger partial charge in [-0.3, -0.25) is 4.79 Å². The van der Waals surface area contributed by atoms with Gasteiger partial charge >= 0.3 is 12.1 Å². The lowest BCUT2D eigenvalue weighted by molar-refractivity contribution is -0.209. The zero-order valence-electron chi connectivity index (χ0n) is 14.7. The average molecular weight is 376 g/mol. The maximum Gasteiger partial charge on any atom is 0.426 e. The van der Waals surface area contributed by atoms with Crippen LogP contribution in [0.3, 0.4) is 0 Å². The van der Waals surface area contributed by atoms with Crippen molar-refractivity contribution >= 4 is 18.1 Å². The van der Waals surface area contributed by atoms with E-state index in [1.807, 2.05) is 43.3 Å². The van der Waals surface area contributed by atoms with Crippen LogP contribution in [0.1, 0.15) is 24.5 Å². The minimum atomic E-state index is -4.78. The van der Waals surface area contributed by atoms with Gasteiger partial charge in [-0.2, -0.15) is 13.2 Å². The summed E-state index contributed by atoms with van der Waals surface area (Å²) in [5.74, 6) is -3.27. The number of hydrogen-bond acceptors (Lipinski definition) is 2. The van der Waals surface area contributed by atoms with Crippen LogP contribution in [0.15, 0.2) is 42.5 Å². The Labute approximate surface area is 154 Å². The lowest BCUT2D eigenvalue weighted by Gasteiger charge is -2.29. The molecule has 0 bridgehead atoms. The monoisotopic (exact) mass is 376 g/mol. The predicted molar refractivity (Wildman–Crippen MR) is 95.8 cm³/mol. The van der Waals surface area contributed by atoms with Crippen LogP contribution >= 0.6 is 0 Å². The zero-order chi connectivity index (χ0) is 19.6. The van der Waals surface area contributed by atoms with Gasteiger partial charge in [-0.15, -0.1) is 0 Å². The largest absolute Gasteiger partial charge is 0.481 e. The van der Waals surface area contributed by atoms with Crippen LogP contribution in [-0.4, -0.2) is 23.4 Å². The Morgan fingerprint density at radius 2 is 1.93 bits per heavy atom. The highest BCUT2D eigenvalue weighted by Crippen LogP contribution is 2.32. The summed E-state index contributed by atoms with van der Waals surface area (Å²) in [5.41, 5.74) is 1.86. The van der Waals surface area contributed by atoms with Gasteiger partial charge in [0.25, 0.3) is 0 Å². The third-order valence-corrected chi connectivity index (χ3v) is 4.46. The number of halogens is 3. The first-order chi connectivity index (χ1) is 12.8. The van der Waals surface area contributed by atoms with Crippen molar-refractivity contribution in [3.05, 3.63) is 64.0 Å². The molecule has 1 aliphatic rings. The van der Waals surface area contributed by atoms with E-state index >= 15 is 0 Å². The highest BCUT2D eigenvalue weighted by atomic mass is 19.4. The molecule has 0 saturated carbocycles. The van der Waals surface area contributed by atoms with E-state index in [9.17, 15) is 23.1 Å². The number of hydrogen-bond donors (Lipinski definition) is 1. The second-order valence-electron chi connectivity index (χ2n) is 6.50. The molecule has 142 valence electrons. The SMILES string of the molecule is CCCc1cc2c(cc1=Cc1ccccc1)OC(C(F)(F)F)C(C(=O)O)C=2. The Morgan fingerprint density at radius 3 is 2.52 bits per heavy atom. The lowest BCUT2D eigenvalue weighted by atomic mass is 9.95. The fraction of sp³-hybridized carbons (Fsp3) is 0.286. The number of aryl methyl sites for hydroxylation is 1. The minimum Gasteiger partial charge on any atom is -0.481 e. The van der Waals surface area contributed by atoms with Gasteiger partial charge < -0.3 is 9.84 Å². The molecule has 2 unspecified atom stereocenters. The Balaban J connectivity index is 2.18. The van der Waals surface area contributed by atoms with Gasteiger partial charge in [-0.1, -0.05) is 49.8 Å². The highest BCUT2D eigenvalue weighted by Gasteiger charge is 2.50. The Bertz CT molecular complexity index is 949. The summed E-state index contributed by atoms with van der Waals surface area (Å²) in [6.07, 6.45) is -2.57. The van der Waals surface area contributed by atoms with Crippen molar-refractivity contribution in [3.8, 4) is 5.75 Å². The molecular formula is C21H19F3O3. The smallest absolute Gasteiger partial charge is 0.426 e. The summed E-state index contributed by atoms with van der Waals surface area (Å²) >= 11 is 0. The number of carbonyl (C=O) groups is 1. The summed E-state index contributed by atoms with van der Waals surface area (Å²) in [6.45, 7) is 2.01. The van der Waals surface area contributed by atoms with E-state index in [1.165, 1.54) is 0 Å². The van der Waals surface area contributed by atoms with E-state index in [0.717, 1.165) is 35.3 Å². The minimum absolute atomic E-state index is 0.0526. The molecule has 0 aliphatic carbocycles. The molecule has 0 aromatic heterocycles. The Kier molecular flexibility index (Phi) is 5.26. The molecule has 0 saturated heterocycles. The second kappa shape index (κ2) is 7.47. The van der Waals surface area contributed by atoms with E-state index in [2.05, 4.69) is 0 Å². The third-order valence-electron chi connectivity index (χ3n) is 4.46. The van der Waals surface area contributed by atoms with Crippen molar-refractivity contribution in [1.29, 1.82) is 0 Å². The van der Waals surface area contributed by atoms with E-state index in [0.29, 0.717) is 5.22 Å². The molecule has 0 spiro atoms. The van der Waals surface area contributed by atoms with Crippen molar-refractivity contribution in [3.63, 3.8) is 0 Å². The highest BCUT2D eigenvalue weighted by molar-refractivity contribution is 5.79. The molecule has 1 N–H and O–H groups in total. The van der Waals surface area contributed by atoms with Gasteiger partial charge in [0, 0.05) is 5.22 Å². The molecular weight excluding hydrogens is 357 g/mol. The number of rotatable bonds is 4. The van der Waals surface area contributed by atoms with Crippen LogP contribution < -0.4 is 15.2 Å². The van der Waals surface area contributed by atoms with Gasteiger partial charge in [0.1, 0.15) is 11.7 Å². The van der Waals surface area contributed by atoms with Crippen LogP contribution in [0.5, 0.6) is 5.75 Å². The maximum atomic E-state index is 13.3. The quantitative estimate of drug-likeness (QED) is 0.891. The first-order valence-electron chi connectivity index (χ1n) is 8.67. The standard InChI is InChI=1S/C21H19F3O3/c1-2-6-14-10-16-11-17(20(25)26)19(21(22,23)24)27-18(16)12-15(14)9-13-7-4-3-5-8-13/h3-5,7-12,17,19H,2,6H2,1H3,(H,25,26). The van der Waals surface area contributed by atoms with Crippen molar-refractivity contribution in [1.82, 2.24) is 0 Å². The predicted octanol–water partition coefficient (Wildman–Crippen LogP) is 3.27. The van der Waals surface area contributed by atoms with Crippen molar-refractivity contribution in [2.24, 2.45) is 5.92 Å². The topological polar surface area (TPSA) is 46.5 Å². The zero-order valence-corrected chi connectivity index (χ0v) is 14.7. The van der Waals surface area contributed by atoms with E-state index in [-0.39, 0.29) is 5.75 Å². The van der Waals surface area contributed by atoms with E-state index in [4.69, 9.17) is 4.74 Å². The van der Waals surface area contributed by atoms with Gasteiger partial charge in [-0.25, -0.2) is 0 Å². The summed E-state index contributed by atoms with van der Waals surface area (Å²) in [6, 6.07) is 12.8. The number of alkyl halides is 3. The fourth-order valence-corrected chi connectivity index (χ4v) is 3.20. The average Bonchev–Trinajstić information content (AvgIpc) is 2.61. The van der Waals surface area contributed by atoms with E-state index < -0.39 is 24.2 Å². The third kappa shape index (κ3) is 4.15. The van der Waals surface area contributed by atoms with Gasteiger partial charge in [0.15, 0.2) is 0 Å². The molecule has 3 rings (SSSR count). The molecule has 1 aliphatic heterocycles. The Hall–Kier alpha value is -2.76. The summed E-state index contributed by atoms with van der Waals surface area (Å²) in [5, 5.41) is 10.4.